The lowest BCUT2D eigenvalue weighted by Crippen LogP contribution is -2.44. The van der Waals surface area contributed by atoms with Gasteiger partial charge in [-0.3, -0.25) is 0 Å². The summed E-state index contributed by atoms with van der Waals surface area (Å²) in [5, 5.41) is 13.5. The molecule has 0 radical (unpaired) electrons. The van der Waals surface area contributed by atoms with Crippen LogP contribution in [0, 0.1) is 0 Å². The summed E-state index contributed by atoms with van der Waals surface area (Å²) in [6, 6.07) is 7.50. The zero-order valence-electron chi connectivity index (χ0n) is 11.4. The van der Waals surface area contributed by atoms with Crippen molar-refractivity contribution in [3.05, 3.63) is 30.1 Å². The van der Waals surface area contributed by atoms with Gasteiger partial charge in [-0.05, 0) is 37.8 Å². The van der Waals surface area contributed by atoms with Gasteiger partial charge in [0.25, 0.3) is 0 Å². The topological polar surface area (TPSA) is 75.1 Å². The molecule has 1 aromatic carbocycles. The average molecular weight is 271 g/mol. The Balaban J connectivity index is 2.10. The summed E-state index contributed by atoms with van der Waals surface area (Å²) in [4.78, 5) is 19.4. The number of para-hydroxylation sites is 1. The number of anilines is 1. The van der Waals surface area contributed by atoms with Gasteiger partial charge in [0.05, 0.1) is 5.52 Å². The molecule has 0 bridgehead atoms. The smallest absolute Gasteiger partial charge is 0.374 e. The Hall–Kier alpha value is -2.17. The van der Waals surface area contributed by atoms with Crippen LogP contribution in [0.25, 0.3) is 10.9 Å². The molecule has 0 atom stereocenters. The highest BCUT2D eigenvalue weighted by Gasteiger charge is 2.35. The zero-order valence-corrected chi connectivity index (χ0v) is 11.4. The average Bonchev–Trinajstić information content (AvgIpc) is 2.42. The monoisotopic (exact) mass is 271 g/mol. The lowest BCUT2D eigenvalue weighted by Gasteiger charge is -2.42. The number of aromatic nitrogens is 2. The predicted molar refractivity (Wildman–Crippen MR) is 77.0 cm³/mol. The third-order valence-electron chi connectivity index (χ3n) is 4.17. The zero-order chi connectivity index (χ0) is 14.2. The largest absolute Gasteiger partial charge is 0.475 e. The molecule has 2 aromatic rings. The second kappa shape index (κ2) is 4.74. The van der Waals surface area contributed by atoms with Crippen molar-refractivity contribution >= 4 is 22.7 Å². The molecule has 1 saturated carbocycles. The number of carboxylic acid groups (broad SMARTS) is 1. The number of carboxylic acids is 1. The van der Waals surface area contributed by atoms with Crippen LogP contribution in [0.15, 0.2) is 24.3 Å². The van der Waals surface area contributed by atoms with Crippen LogP contribution in [0.5, 0.6) is 0 Å². The van der Waals surface area contributed by atoms with Crippen LogP contribution in [0.3, 0.4) is 0 Å². The molecule has 2 N–H and O–H groups in total. The highest BCUT2D eigenvalue weighted by molar-refractivity contribution is 5.93. The van der Waals surface area contributed by atoms with E-state index in [9.17, 15) is 4.79 Å². The molecule has 1 aliphatic carbocycles. The predicted octanol–water partition coefficient (Wildman–Crippen LogP) is 3.07. The van der Waals surface area contributed by atoms with Crippen LogP contribution in [0.2, 0.25) is 0 Å². The summed E-state index contributed by atoms with van der Waals surface area (Å²) in [7, 11) is 0. The fraction of sp³-hybridized carbons (Fsp3) is 0.400. The second-order valence-corrected chi connectivity index (χ2v) is 5.33. The van der Waals surface area contributed by atoms with Crippen LogP contribution in [-0.4, -0.2) is 26.6 Å². The molecule has 5 heteroatoms. The van der Waals surface area contributed by atoms with Gasteiger partial charge in [-0.25, -0.2) is 14.8 Å². The molecule has 0 aliphatic heterocycles. The summed E-state index contributed by atoms with van der Waals surface area (Å²) < 4.78 is 0. The maximum absolute atomic E-state index is 11.2. The molecule has 0 amide bonds. The quantitative estimate of drug-likeness (QED) is 0.893. The van der Waals surface area contributed by atoms with Crippen molar-refractivity contribution in [1.29, 1.82) is 0 Å². The molecular weight excluding hydrogens is 254 g/mol. The lowest BCUT2D eigenvalue weighted by molar-refractivity contribution is 0.0684. The van der Waals surface area contributed by atoms with E-state index in [4.69, 9.17) is 5.11 Å². The van der Waals surface area contributed by atoms with Crippen molar-refractivity contribution in [2.24, 2.45) is 0 Å². The molecule has 1 heterocycles. The molecule has 0 saturated heterocycles. The Morgan fingerprint density at radius 1 is 1.35 bits per heavy atom. The molecule has 5 nitrogen and oxygen atoms in total. The summed E-state index contributed by atoms with van der Waals surface area (Å²) in [5.74, 6) is -0.621. The fourth-order valence-corrected chi connectivity index (χ4v) is 2.69. The molecule has 20 heavy (non-hydrogen) atoms. The van der Waals surface area contributed by atoms with Crippen molar-refractivity contribution in [3.8, 4) is 0 Å². The lowest BCUT2D eigenvalue weighted by atomic mass is 9.75. The molecular formula is C15H17N3O2. The first-order valence-electron chi connectivity index (χ1n) is 6.92. The number of nitrogens with one attached hydrogen (secondary N) is 1. The number of nitrogens with zero attached hydrogens (tertiary/aromatic N) is 2. The van der Waals surface area contributed by atoms with E-state index in [-0.39, 0.29) is 11.4 Å². The van der Waals surface area contributed by atoms with Gasteiger partial charge in [-0.15, -0.1) is 0 Å². The van der Waals surface area contributed by atoms with Gasteiger partial charge in [0.15, 0.2) is 0 Å². The summed E-state index contributed by atoms with van der Waals surface area (Å²) in [6.45, 7) is 2.15. The Morgan fingerprint density at radius 3 is 2.70 bits per heavy atom. The van der Waals surface area contributed by atoms with Crippen molar-refractivity contribution in [2.45, 2.75) is 38.1 Å². The summed E-state index contributed by atoms with van der Waals surface area (Å²) in [5.41, 5.74) is 0.723. The first kappa shape index (κ1) is 12.8. The van der Waals surface area contributed by atoms with E-state index in [1.54, 1.807) is 0 Å². The standard InChI is InChI=1S/C15H17N3O2/c1-2-15(8-5-9-15)18-12-10-6-3-4-7-11(10)16-13(17-12)14(19)20/h3-4,6-7H,2,5,8-9H2,1H3,(H,19,20)(H,16,17,18). The Kier molecular flexibility index (Phi) is 3.04. The van der Waals surface area contributed by atoms with Gasteiger partial charge >= 0.3 is 5.97 Å². The summed E-state index contributed by atoms with van der Waals surface area (Å²) >= 11 is 0. The van der Waals surface area contributed by atoms with Gasteiger partial charge in [0.1, 0.15) is 5.82 Å². The highest BCUT2D eigenvalue weighted by atomic mass is 16.4. The van der Waals surface area contributed by atoms with Gasteiger partial charge in [-0.2, -0.15) is 0 Å². The van der Waals surface area contributed by atoms with E-state index in [2.05, 4.69) is 22.2 Å². The molecule has 1 aromatic heterocycles. The Morgan fingerprint density at radius 2 is 2.10 bits per heavy atom. The minimum atomic E-state index is -1.10. The van der Waals surface area contributed by atoms with Gasteiger partial charge in [0, 0.05) is 10.9 Å². The van der Waals surface area contributed by atoms with Crippen molar-refractivity contribution < 1.29 is 9.90 Å². The van der Waals surface area contributed by atoms with E-state index in [1.165, 1.54) is 6.42 Å². The minimum Gasteiger partial charge on any atom is -0.475 e. The van der Waals surface area contributed by atoms with Crippen molar-refractivity contribution in [3.63, 3.8) is 0 Å². The van der Waals surface area contributed by atoms with Crippen LogP contribution in [0.4, 0.5) is 5.82 Å². The van der Waals surface area contributed by atoms with E-state index < -0.39 is 5.97 Å². The van der Waals surface area contributed by atoms with Gasteiger partial charge in [0.2, 0.25) is 5.82 Å². The SMILES string of the molecule is CCC1(Nc2nc(C(=O)O)nc3ccccc23)CCC1. The molecule has 1 fully saturated rings. The van der Waals surface area contributed by atoms with Gasteiger partial charge in [-0.1, -0.05) is 19.1 Å². The van der Waals surface area contributed by atoms with Crippen LogP contribution >= 0.6 is 0 Å². The molecule has 1 aliphatic rings. The molecule has 3 rings (SSSR count). The number of carbonyl (C=O) groups is 1. The second-order valence-electron chi connectivity index (χ2n) is 5.33. The highest BCUT2D eigenvalue weighted by Crippen LogP contribution is 2.38. The third kappa shape index (κ3) is 2.09. The molecule has 0 unspecified atom stereocenters. The molecule has 104 valence electrons. The van der Waals surface area contributed by atoms with Gasteiger partial charge < -0.3 is 10.4 Å². The summed E-state index contributed by atoms with van der Waals surface area (Å²) in [6.07, 6.45) is 4.41. The minimum absolute atomic E-state index is 0.0624. The maximum atomic E-state index is 11.2. The molecule has 0 spiro atoms. The third-order valence-corrected chi connectivity index (χ3v) is 4.17. The number of hydrogen-bond donors (Lipinski definition) is 2. The fourth-order valence-electron chi connectivity index (χ4n) is 2.69. The number of rotatable bonds is 4. The van der Waals surface area contributed by atoms with E-state index in [0.29, 0.717) is 11.3 Å². The first-order chi connectivity index (χ1) is 9.63. The van der Waals surface area contributed by atoms with Crippen LogP contribution in [-0.2, 0) is 0 Å². The normalized spacial score (nSPS) is 16.6. The Labute approximate surface area is 117 Å². The van der Waals surface area contributed by atoms with Crippen LogP contribution in [0.1, 0.15) is 43.2 Å². The van der Waals surface area contributed by atoms with Crippen molar-refractivity contribution in [2.75, 3.05) is 5.32 Å². The van der Waals surface area contributed by atoms with E-state index in [1.807, 2.05) is 24.3 Å². The van der Waals surface area contributed by atoms with E-state index >= 15 is 0 Å². The number of fused-ring (bicyclic) bond motifs is 1. The Bertz CT molecular complexity index is 660. The van der Waals surface area contributed by atoms with Crippen molar-refractivity contribution in [1.82, 2.24) is 9.97 Å². The van der Waals surface area contributed by atoms with E-state index in [0.717, 1.165) is 24.6 Å². The number of benzene rings is 1. The van der Waals surface area contributed by atoms with Crippen LogP contribution < -0.4 is 5.32 Å². The number of hydrogen-bond acceptors (Lipinski definition) is 4. The first-order valence-corrected chi connectivity index (χ1v) is 6.92. The number of aromatic carboxylic acids is 1. The maximum Gasteiger partial charge on any atom is 0.374 e.